The summed E-state index contributed by atoms with van der Waals surface area (Å²) in [5, 5.41) is 8.90. The van der Waals surface area contributed by atoms with Gasteiger partial charge in [0, 0.05) is 19.0 Å². The summed E-state index contributed by atoms with van der Waals surface area (Å²) >= 11 is 0. The van der Waals surface area contributed by atoms with Crippen molar-refractivity contribution in [3.05, 3.63) is 29.6 Å². The number of benzene rings is 1. The van der Waals surface area contributed by atoms with Crippen LogP contribution in [0.25, 0.3) is 11.0 Å². The molecular formula is C13H16N4. The van der Waals surface area contributed by atoms with Gasteiger partial charge in [0.2, 0.25) is 0 Å². The first kappa shape index (κ1) is 11.6. The van der Waals surface area contributed by atoms with Crippen LogP contribution in [0.4, 0.5) is 0 Å². The average molecular weight is 228 g/mol. The first-order chi connectivity index (χ1) is 7.99. The summed E-state index contributed by atoms with van der Waals surface area (Å²) in [5.41, 5.74) is 8.14. The fourth-order valence-corrected chi connectivity index (χ4v) is 1.96. The Morgan fingerprint density at radius 2 is 2.18 bits per heavy atom. The molecule has 1 aromatic heterocycles. The van der Waals surface area contributed by atoms with Crippen molar-refractivity contribution >= 4 is 11.0 Å². The molecule has 1 aromatic carbocycles. The van der Waals surface area contributed by atoms with Crippen molar-refractivity contribution in [3.63, 3.8) is 0 Å². The Morgan fingerprint density at radius 1 is 1.47 bits per heavy atom. The van der Waals surface area contributed by atoms with Crippen molar-refractivity contribution in [2.45, 2.75) is 19.3 Å². The van der Waals surface area contributed by atoms with Gasteiger partial charge in [-0.2, -0.15) is 5.26 Å². The molecule has 0 saturated carbocycles. The third kappa shape index (κ3) is 1.79. The average Bonchev–Trinajstić information content (AvgIpc) is 2.67. The van der Waals surface area contributed by atoms with Gasteiger partial charge in [0.1, 0.15) is 5.82 Å². The molecule has 2 N–H and O–H groups in total. The SMILES string of the molecule is Cn1c(C(C)(C)CN)nc2ccc(C#N)cc21. The predicted octanol–water partition coefficient (Wildman–Crippen LogP) is 1.68. The summed E-state index contributed by atoms with van der Waals surface area (Å²) in [5.74, 6) is 0.949. The fraction of sp³-hybridized carbons (Fsp3) is 0.385. The van der Waals surface area contributed by atoms with E-state index in [4.69, 9.17) is 11.0 Å². The van der Waals surface area contributed by atoms with Gasteiger partial charge in [-0.25, -0.2) is 4.98 Å². The number of aromatic nitrogens is 2. The molecule has 17 heavy (non-hydrogen) atoms. The van der Waals surface area contributed by atoms with Gasteiger partial charge in [-0.3, -0.25) is 0 Å². The number of fused-ring (bicyclic) bond motifs is 1. The minimum absolute atomic E-state index is 0.166. The number of hydrogen-bond donors (Lipinski definition) is 1. The molecule has 88 valence electrons. The maximum Gasteiger partial charge on any atom is 0.116 e. The largest absolute Gasteiger partial charge is 0.331 e. The molecule has 2 aromatic rings. The van der Waals surface area contributed by atoms with Crippen molar-refractivity contribution in [3.8, 4) is 6.07 Å². The molecule has 0 aliphatic carbocycles. The smallest absolute Gasteiger partial charge is 0.116 e. The Kier molecular flexibility index (Phi) is 2.64. The molecule has 0 saturated heterocycles. The zero-order chi connectivity index (χ0) is 12.6. The van der Waals surface area contributed by atoms with Crippen molar-refractivity contribution in [1.82, 2.24) is 9.55 Å². The lowest BCUT2D eigenvalue weighted by atomic mass is 9.93. The third-order valence-electron chi connectivity index (χ3n) is 3.13. The number of imidazole rings is 1. The van der Waals surface area contributed by atoms with Gasteiger partial charge in [-0.05, 0) is 18.2 Å². The molecule has 0 aliphatic heterocycles. The summed E-state index contributed by atoms with van der Waals surface area (Å²) in [7, 11) is 1.96. The second-order valence-corrected chi connectivity index (χ2v) is 4.90. The van der Waals surface area contributed by atoms with Crippen LogP contribution >= 0.6 is 0 Å². The molecule has 0 atom stereocenters. The number of aryl methyl sites for hydroxylation is 1. The predicted molar refractivity (Wildman–Crippen MR) is 67.5 cm³/mol. The number of rotatable bonds is 2. The van der Waals surface area contributed by atoms with Gasteiger partial charge >= 0.3 is 0 Å². The van der Waals surface area contributed by atoms with Crippen LogP contribution in [0.3, 0.4) is 0 Å². The van der Waals surface area contributed by atoms with E-state index >= 15 is 0 Å². The summed E-state index contributed by atoms with van der Waals surface area (Å²) in [6.45, 7) is 4.67. The molecule has 4 heteroatoms. The molecule has 0 fully saturated rings. The topological polar surface area (TPSA) is 67.6 Å². The summed E-state index contributed by atoms with van der Waals surface area (Å²) in [4.78, 5) is 4.60. The molecule has 0 aliphatic rings. The highest BCUT2D eigenvalue weighted by molar-refractivity contribution is 5.78. The van der Waals surface area contributed by atoms with Crippen molar-refractivity contribution in [2.24, 2.45) is 12.8 Å². The molecule has 1 heterocycles. The van der Waals surface area contributed by atoms with Crippen LogP contribution in [0.15, 0.2) is 18.2 Å². The summed E-state index contributed by atoms with van der Waals surface area (Å²) < 4.78 is 2.02. The van der Waals surface area contributed by atoms with Crippen LogP contribution in [0.2, 0.25) is 0 Å². The van der Waals surface area contributed by atoms with Gasteiger partial charge in [0.15, 0.2) is 0 Å². The van der Waals surface area contributed by atoms with Crippen LogP contribution in [0.5, 0.6) is 0 Å². The lowest BCUT2D eigenvalue weighted by molar-refractivity contribution is 0.487. The molecule has 0 radical (unpaired) electrons. The van der Waals surface area contributed by atoms with Crippen molar-refractivity contribution in [1.29, 1.82) is 5.26 Å². The highest BCUT2D eigenvalue weighted by Crippen LogP contribution is 2.25. The van der Waals surface area contributed by atoms with E-state index in [1.54, 1.807) is 6.07 Å². The third-order valence-corrected chi connectivity index (χ3v) is 3.13. The normalized spacial score (nSPS) is 11.7. The van der Waals surface area contributed by atoms with E-state index in [0.717, 1.165) is 16.9 Å². The lowest BCUT2D eigenvalue weighted by Gasteiger charge is -2.21. The van der Waals surface area contributed by atoms with E-state index in [9.17, 15) is 0 Å². The number of nitrogens with two attached hydrogens (primary N) is 1. The molecule has 2 rings (SSSR count). The van der Waals surface area contributed by atoms with Gasteiger partial charge in [0.05, 0.1) is 22.7 Å². The monoisotopic (exact) mass is 228 g/mol. The van der Waals surface area contributed by atoms with E-state index in [1.807, 2.05) is 23.7 Å². The molecule has 0 spiro atoms. The van der Waals surface area contributed by atoms with Crippen molar-refractivity contribution < 1.29 is 0 Å². The molecule has 0 unspecified atom stereocenters. The van der Waals surface area contributed by atoms with E-state index in [2.05, 4.69) is 24.9 Å². The quantitative estimate of drug-likeness (QED) is 0.850. The fourth-order valence-electron chi connectivity index (χ4n) is 1.96. The number of nitrogens with zero attached hydrogens (tertiary/aromatic N) is 3. The molecule has 0 bridgehead atoms. The lowest BCUT2D eigenvalue weighted by Crippen LogP contribution is -2.31. The number of nitriles is 1. The van der Waals surface area contributed by atoms with E-state index in [0.29, 0.717) is 12.1 Å². The maximum absolute atomic E-state index is 8.90. The van der Waals surface area contributed by atoms with Crippen LogP contribution in [0, 0.1) is 11.3 Å². The van der Waals surface area contributed by atoms with Gasteiger partial charge in [0.25, 0.3) is 0 Å². The minimum Gasteiger partial charge on any atom is -0.331 e. The minimum atomic E-state index is -0.166. The van der Waals surface area contributed by atoms with Gasteiger partial charge < -0.3 is 10.3 Å². The Labute approximate surface area is 101 Å². The Balaban J connectivity index is 2.70. The standard InChI is InChI=1S/C13H16N4/c1-13(2,8-15)12-16-10-5-4-9(7-14)6-11(10)17(12)3/h4-6H,8,15H2,1-3H3. The molecule has 0 amide bonds. The second-order valence-electron chi connectivity index (χ2n) is 4.90. The summed E-state index contributed by atoms with van der Waals surface area (Å²) in [6.07, 6.45) is 0. The van der Waals surface area contributed by atoms with Crippen molar-refractivity contribution in [2.75, 3.05) is 6.54 Å². The zero-order valence-electron chi connectivity index (χ0n) is 10.4. The van der Waals surface area contributed by atoms with E-state index in [1.165, 1.54) is 0 Å². The molecule has 4 nitrogen and oxygen atoms in total. The van der Waals surface area contributed by atoms with Crippen LogP contribution in [0.1, 0.15) is 25.2 Å². The first-order valence-corrected chi connectivity index (χ1v) is 5.57. The second kappa shape index (κ2) is 3.86. The first-order valence-electron chi connectivity index (χ1n) is 5.57. The highest BCUT2D eigenvalue weighted by atomic mass is 15.1. The van der Waals surface area contributed by atoms with Crippen LogP contribution in [-0.2, 0) is 12.5 Å². The highest BCUT2D eigenvalue weighted by Gasteiger charge is 2.25. The maximum atomic E-state index is 8.90. The van der Waals surface area contributed by atoms with Gasteiger partial charge in [-0.1, -0.05) is 13.8 Å². The van der Waals surface area contributed by atoms with E-state index in [-0.39, 0.29) is 5.41 Å². The zero-order valence-corrected chi connectivity index (χ0v) is 10.4. The number of hydrogen-bond acceptors (Lipinski definition) is 3. The Hall–Kier alpha value is -1.86. The van der Waals surface area contributed by atoms with Gasteiger partial charge in [-0.15, -0.1) is 0 Å². The van der Waals surface area contributed by atoms with E-state index < -0.39 is 0 Å². The Bertz CT molecular complexity index is 602. The molecular weight excluding hydrogens is 212 g/mol. The van der Waals surface area contributed by atoms with Crippen LogP contribution < -0.4 is 5.73 Å². The summed E-state index contributed by atoms with van der Waals surface area (Å²) in [6, 6.07) is 7.67. The van der Waals surface area contributed by atoms with Crippen LogP contribution in [-0.4, -0.2) is 16.1 Å². The Morgan fingerprint density at radius 3 is 2.76 bits per heavy atom.